The lowest BCUT2D eigenvalue weighted by molar-refractivity contribution is -0.145. The molecule has 0 saturated heterocycles. The molecule has 0 aliphatic heterocycles. The Morgan fingerprint density at radius 3 is 2.50 bits per heavy atom. The van der Waals surface area contributed by atoms with Crippen molar-refractivity contribution < 1.29 is 14.3 Å². The Kier molecular flexibility index (Phi) is 6.69. The molecule has 1 unspecified atom stereocenters. The van der Waals surface area contributed by atoms with Gasteiger partial charge in [0.15, 0.2) is 6.04 Å². The largest absolute Gasteiger partial charge is 0.464 e. The summed E-state index contributed by atoms with van der Waals surface area (Å²) < 4.78 is 7.16. The van der Waals surface area contributed by atoms with Crippen LogP contribution in [0.3, 0.4) is 0 Å². The molecule has 0 fully saturated rings. The van der Waals surface area contributed by atoms with Gasteiger partial charge in [0, 0.05) is 19.0 Å². The highest BCUT2D eigenvalue weighted by Gasteiger charge is 2.25. The zero-order valence-corrected chi connectivity index (χ0v) is 19.0. The molecule has 4 rings (SSSR count). The highest BCUT2D eigenvalue weighted by molar-refractivity contribution is 5.99. The van der Waals surface area contributed by atoms with Crippen LogP contribution in [-0.4, -0.2) is 28.0 Å². The summed E-state index contributed by atoms with van der Waals surface area (Å²) in [6.07, 6.45) is 0.595. The third kappa shape index (κ3) is 4.81. The van der Waals surface area contributed by atoms with Gasteiger partial charge >= 0.3 is 5.97 Å². The molecule has 0 saturated carbocycles. The summed E-state index contributed by atoms with van der Waals surface area (Å²) in [6, 6.07) is 22.9. The number of esters is 1. The zero-order valence-electron chi connectivity index (χ0n) is 19.0. The van der Waals surface area contributed by atoms with Gasteiger partial charge in [-0.3, -0.25) is 4.79 Å². The number of nitrogens with zero attached hydrogens (tertiary/aromatic N) is 3. The third-order valence-electron chi connectivity index (χ3n) is 5.61. The van der Waals surface area contributed by atoms with Gasteiger partial charge in [-0.05, 0) is 48.4 Å². The van der Waals surface area contributed by atoms with E-state index in [0.717, 1.165) is 16.9 Å². The number of nitrogens with one attached hydrogen (secondary N) is 1. The average molecular weight is 453 g/mol. The van der Waals surface area contributed by atoms with Crippen molar-refractivity contribution >= 4 is 22.9 Å². The summed E-state index contributed by atoms with van der Waals surface area (Å²) in [7, 11) is 1.93. The van der Waals surface area contributed by atoms with Crippen molar-refractivity contribution in [3.8, 4) is 6.07 Å². The maximum absolute atomic E-state index is 13.0. The van der Waals surface area contributed by atoms with Crippen molar-refractivity contribution in [1.82, 2.24) is 14.9 Å². The number of aromatic nitrogens is 2. The zero-order chi connectivity index (χ0) is 24.1. The highest BCUT2D eigenvalue weighted by atomic mass is 16.5. The topological polar surface area (TPSA) is 97.0 Å². The van der Waals surface area contributed by atoms with Gasteiger partial charge < -0.3 is 14.6 Å². The maximum atomic E-state index is 13.0. The minimum absolute atomic E-state index is 0.222. The number of benzene rings is 3. The predicted octanol–water partition coefficient (Wildman–Crippen LogP) is 4.07. The van der Waals surface area contributed by atoms with Gasteiger partial charge in [0.05, 0.1) is 29.3 Å². The highest BCUT2D eigenvalue weighted by Crippen LogP contribution is 2.21. The van der Waals surface area contributed by atoms with Gasteiger partial charge in [-0.15, -0.1) is 0 Å². The van der Waals surface area contributed by atoms with Gasteiger partial charge in [0.25, 0.3) is 5.91 Å². The molecule has 170 valence electrons. The van der Waals surface area contributed by atoms with Crippen molar-refractivity contribution in [3.05, 3.63) is 101 Å². The number of hydrogen-bond donors (Lipinski definition) is 1. The Morgan fingerprint density at radius 1 is 1.09 bits per heavy atom. The van der Waals surface area contributed by atoms with Gasteiger partial charge in [-0.1, -0.05) is 42.5 Å². The van der Waals surface area contributed by atoms with Gasteiger partial charge in [0.1, 0.15) is 5.82 Å². The molecule has 0 spiro atoms. The molecular formula is C27H24N4O3. The van der Waals surface area contributed by atoms with Crippen LogP contribution in [0.25, 0.3) is 11.0 Å². The number of fused-ring (bicyclic) bond motifs is 1. The smallest absolute Gasteiger partial charge is 0.333 e. The second-order valence-corrected chi connectivity index (χ2v) is 7.85. The summed E-state index contributed by atoms with van der Waals surface area (Å²) in [5.74, 6) is -0.0558. The van der Waals surface area contributed by atoms with Crippen molar-refractivity contribution in [3.63, 3.8) is 0 Å². The number of rotatable bonds is 7. The number of hydrogen-bond acceptors (Lipinski definition) is 5. The summed E-state index contributed by atoms with van der Waals surface area (Å²) in [6.45, 7) is 1.95. The first-order valence-electron chi connectivity index (χ1n) is 11.0. The van der Waals surface area contributed by atoms with E-state index in [1.165, 1.54) is 0 Å². The molecule has 0 aliphatic carbocycles. The molecule has 1 N–H and O–H groups in total. The van der Waals surface area contributed by atoms with E-state index in [-0.39, 0.29) is 12.5 Å². The predicted molar refractivity (Wildman–Crippen MR) is 128 cm³/mol. The summed E-state index contributed by atoms with van der Waals surface area (Å²) in [5.41, 5.74) is 4.28. The minimum atomic E-state index is -0.903. The summed E-state index contributed by atoms with van der Waals surface area (Å²) in [4.78, 5) is 30.3. The van der Waals surface area contributed by atoms with Crippen LogP contribution in [0, 0.1) is 11.3 Å². The number of carbonyl (C=O) groups is 2. The molecule has 34 heavy (non-hydrogen) atoms. The Labute approximate surface area is 197 Å². The van der Waals surface area contributed by atoms with Crippen LogP contribution in [0.2, 0.25) is 0 Å². The van der Waals surface area contributed by atoms with E-state index in [1.54, 1.807) is 43.3 Å². The molecule has 7 heteroatoms. The van der Waals surface area contributed by atoms with E-state index in [1.807, 2.05) is 48.0 Å². The lowest BCUT2D eigenvalue weighted by atomic mass is 10.1. The van der Waals surface area contributed by atoms with Crippen LogP contribution in [0.1, 0.15) is 45.8 Å². The Hall–Kier alpha value is -4.44. The van der Waals surface area contributed by atoms with Gasteiger partial charge in [-0.25, -0.2) is 9.78 Å². The van der Waals surface area contributed by atoms with E-state index in [0.29, 0.717) is 28.6 Å². The molecular weight excluding hydrogens is 428 g/mol. The molecule has 0 aliphatic rings. The first-order valence-corrected chi connectivity index (χ1v) is 11.0. The molecule has 1 amide bonds. The van der Waals surface area contributed by atoms with E-state index < -0.39 is 12.0 Å². The fraction of sp³-hybridized carbons (Fsp3) is 0.185. The van der Waals surface area contributed by atoms with E-state index >= 15 is 0 Å². The van der Waals surface area contributed by atoms with Crippen LogP contribution in [-0.2, 0) is 23.0 Å². The fourth-order valence-electron chi connectivity index (χ4n) is 3.79. The number of aryl methyl sites for hydroxylation is 1. The first-order chi connectivity index (χ1) is 16.5. The molecule has 1 atom stereocenters. The minimum Gasteiger partial charge on any atom is -0.464 e. The maximum Gasteiger partial charge on any atom is 0.333 e. The first kappa shape index (κ1) is 22.7. The standard InChI is InChI=1S/C27H24N4O3/c1-3-34-27(33)25(20-7-5-4-6-8-20)30-26(32)21-13-14-23-22(16-21)29-24(31(23)2)15-18-9-11-19(17-28)12-10-18/h4-14,16,25H,3,15H2,1-2H3,(H,30,32). The monoisotopic (exact) mass is 452 g/mol. The Balaban J connectivity index is 1.58. The van der Waals surface area contributed by atoms with E-state index in [9.17, 15) is 9.59 Å². The number of carbonyl (C=O) groups excluding carboxylic acids is 2. The lowest BCUT2D eigenvalue weighted by Crippen LogP contribution is -2.35. The van der Waals surface area contributed by atoms with Crippen molar-refractivity contribution in [1.29, 1.82) is 5.26 Å². The molecule has 7 nitrogen and oxygen atoms in total. The van der Waals surface area contributed by atoms with Crippen LogP contribution in [0.4, 0.5) is 0 Å². The van der Waals surface area contributed by atoms with E-state index in [2.05, 4.69) is 11.4 Å². The summed E-state index contributed by atoms with van der Waals surface area (Å²) in [5, 5.41) is 11.8. The molecule has 1 aromatic heterocycles. The third-order valence-corrected chi connectivity index (χ3v) is 5.61. The van der Waals surface area contributed by atoms with Crippen molar-refractivity contribution in [2.24, 2.45) is 7.05 Å². The average Bonchev–Trinajstić information content (AvgIpc) is 3.17. The number of ether oxygens (including phenoxy) is 1. The molecule has 3 aromatic carbocycles. The fourth-order valence-corrected chi connectivity index (χ4v) is 3.79. The normalized spacial score (nSPS) is 11.6. The van der Waals surface area contributed by atoms with Crippen LogP contribution < -0.4 is 5.32 Å². The SMILES string of the molecule is CCOC(=O)C(NC(=O)c1ccc2c(c1)nc(Cc1ccc(C#N)cc1)n2C)c1ccccc1. The van der Waals surface area contributed by atoms with Crippen LogP contribution in [0.15, 0.2) is 72.8 Å². The van der Waals surface area contributed by atoms with Crippen LogP contribution >= 0.6 is 0 Å². The Bertz CT molecular complexity index is 1370. The second-order valence-electron chi connectivity index (χ2n) is 7.85. The molecule has 0 radical (unpaired) electrons. The molecule has 4 aromatic rings. The molecule has 0 bridgehead atoms. The van der Waals surface area contributed by atoms with Crippen LogP contribution in [0.5, 0.6) is 0 Å². The van der Waals surface area contributed by atoms with Crippen molar-refractivity contribution in [2.45, 2.75) is 19.4 Å². The Morgan fingerprint density at radius 2 is 1.82 bits per heavy atom. The number of imidazole rings is 1. The van der Waals surface area contributed by atoms with Gasteiger partial charge in [0.2, 0.25) is 0 Å². The molecule has 1 heterocycles. The number of amides is 1. The summed E-state index contributed by atoms with van der Waals surface area (Å²) >= 11 is 0. The van der Waals surface area contributed by atoms with Crippen molar-refractivity contribution in [2.75, 3.05) is 6.61 Å². The second kappa shape index (κ2) is 10.0. The number of nitriles is 1. The lowest BCUT2D eigenvalue weighted by Gasteiger charge is -2.17. The van der Waals surface area contributed by atoms with Gasteiger partial charge in [-0.2, -0.15) is 5.26 Å². The van der Waals surface area contributed by atoms with E-state index in [4.69, 9.17) is 15.0 Å². The quantitative estimate of drug-likeness (QED) is 0.426.